The monoisotopic (exact) mass is 401 g/mol. The molecule has 0 bridgehead atoms. The van der Waals surface area contributed by atoms with E-state index in [0.717, 1.165) is 26.1 Å². The van der Waals surface area contributed by atoms with Crippen molar-refractivity contribution < 1.29 is 0 Å². The highest BCUT2D eigenvalue weighted by molar-refractivity contribution is 9.10. The zero-order valence-electron chi connectivity index (χ0n) is 10.5. The quantitative estimate of drug-likeness (QED) is 0.689. The van der Waals surface area contributed by atoms with Gasteiger partial charge in [-0.25, -0.2) is 0 Å². The lowest BCUT2D eigenvalue weighted by Crippen LogP contribution is -2.18. The Morgan fingerprint density at radius 3 is 2.63 bits per heavy atom. The van der Waals surface area contributed by atoms with Gasteiger partial charge in [-0.05, 0) is 42.3 Å². The number of rotatable bonds is 4. The number of hydrogen-bond donors (Lipinski definition) is 1. The molecule has 2 aromatic carbocycles. The minimum atomic E-state index is 0.255. The third-order valence-electron chi connectivity index (χ3n) is 2.98. The van der Waals surface area contributed by atoms with Crippen LogP contribution in [-0.2, 0) is 6.54 Å². The van der Waals surface area contributed by atoms with Crippen molar-refractivity contribution in [1.29, 1.82) is 0 Å². The molecule has 19 heavy (non-hydrogen) atoms. The first-order valence-electron chi connectivity index (χ1n) is 5.99. The topological polar surface area (TPSA) is 12.0 Å². The van der Waals surface area contributed by atoms with E-state index < -0.39 is 0 Å². The number of nitrogens with one attached hydrogen (secondary N) is 1. The summed E-state index contributed by atoms with van der Waals surface area (Å²) in [6, 6.07) is 14.4. The molecule has 0 fully saturated rings. The number of benzene rings is 2. The molecule has 0 saturated heterocycles. The van der Waals surface area contributed by atoms with E-state index in [4.69, 9.17) is 11.6 Å². The molecule has 0 aliphatic heterocycles. The van der Waals surface area contributed by atoms with E-state index in [1.165, 1.54) is 5.56 Å². The molecule has 0 aliphatic rings. The van der Waals surface area contributed by atoms with Gasteiger partial charge >= 0.3 is 0 Å². The van der Waals surface area contributed by atoms with Crippen molar-refractivity contribution in [2.75, 3.05) is 0 Å². The summed E-state index contributed by atoms with van der Waals surface area (Å²) < 4.78 is 2.16. The lowest BCUT2D eigenvalue weighted by molar-refractivity contribution is 0.573. The Morgan fingerprint density at radius 1 is 1.16 bits per heavy atom. The summed E-state index contributed by atoms with van der Waals surface area (Å²) >= 11 is 13.2. The van der Waals surface area contributed by atoms with Gasteiger partial charge in [0.05, 0.1) is 0 Å². The lowest BCUT2D eigenvalue weighted by Gasteiger charge is -2.16. The van der Waals surface area contributed by atoms with E-state index in [0.29, 0.717) is 0 Å². The van der Waals surface area contributed by atoms with Crippen molar-refractivity contribution in [3.63, 3.8) is 0 Å². The molecule has 1 N–H and O–H groups in total. The van der Waals surface area contributed by atoms with Gasteiger partial charge in [0, 0.05) is 26.6 Å². The molecule has 1 nitrogen and oxygen atoms in total. The molecule has 100 valence electrons. The van der Waals surface area contributed by atoms with Crippen LogP contribution < -0.4 is 5.32 Å². The van der Waals surface area contributed by atoms with Gasteiger partial charge in [0.25, 0.3) is 0 Å². The molecule has 0 unspecified atom stereocenters. The van der Waals surface area contributed by atoms with E-state index in [2.05, 4.69) is 56.2 Å². The Balaban J connectivity index is 2.06. The van der Waals surface area contributed by atoms with Gasteiger partial charge in [-0.3, -0.25) is 0 Å². The summed E-state index contributed by atoms with van der Waals surface area (Å²) in [5.74, 6) is 0. The van der Waals surface area contributed by atoms with Gasteiger partial charge in [-0.2, -0.15) is 0 Å². The van der Waals surface area contributed by atoms with Crippen LogP contribution in [0.2, 0.25) is 5.02 Å². The standard InChI is InChI=1S/C15H14Br2ClN/c1-10(13-4-2-3-5-14(13)17)19-9-11-8-12(16)6-7-15(11)18/h2-8,10,19H,9H2,1H3/t10-/m0/s1. The summed E-state index contributed by atoms with van der Waals surface area (Å²) in [7, 11) is 0. The average Bonchev–Trinajstić information content (AvgIpc) is 2.40. The second kappa shape index (κ2) is 6.89. The largest absolute Gasteiger partial charge is 0.306 e. The van der Waals surface area contributed by atoms with Crippen molar-refractivity contribution >= 4 is 43.5 Å². The smallest absolute Gasteiger partial charge is 0.0451 e. The van der Waals surface area contributed by atoms with Gasteiger partial charge in [-0.1, -0.05) is 61.7 Å². The van der Waals surface area contributed by atoms with Gasteiger partial charge in [-0.15, -0.1) is 0 Å². The summed E-state index contributed by atoms with van der Waals surface area (Å²) in [5.41, 5.74) is 2.34. The molecule has 0 aromatic heterocycles. The van der Waals surface area contributed by atoms with Gasteiger partial charge < -0.3 is 5.32 Å². The molecule has 1 atom stereocenters. The molecular formula is C15H14Br2ClN. The molecule has 2 rings (SSSR count). The Hall–Kier alpha value is -0.350. The fraction of sp³-hybridized carbons (Fsp3) is 0.200. The van der Waals surface area contributed by atoms with Crippen LogP contribution in [0.5, 0.6) is 0 Å². The van der Waals surface area contributed by atoms with Crippen LogP contribution in [0.1, 0.15) is 24.1 Å². The van der Waals surface area contributed by atoms with E-state index in [1.807, 2.05) is 30.3 Å². The van der Waals surface area contributed by atoms with Crippen molar-refractivity contribution in [3.05, 3.63) is 67.6 Å². The Labute approximate surface area is 135 Å². The molecule has 0 radical (unpaired) electrons. The first-order chi connectivity index (χ1) is 9.08. The van der Waals surface area contributed by atoms with Gasteiger partial charge in [0.15, 0.2) is 0 Å². The molecule has 0 heterocycles. The number of halogens is 3. The SMILES string of the molecule is C[C@H](NCc1cc(Br)ccc1Cl)c1ccccc1Br. The third-order valence-corrected chi connectivity index (χ3v) is 4.56. The average molecular weight is 404 g/mol. The Bertz CT molecular complexity index is 572. The van der Waals surface area contributed by atoms with Crippen LogP contribution in [0.15, 0.2) is 51.4 Å². The van der Waals surface area contributed by atoms with Gasteiger partial charge in [0.1, 0.15) is 0 Å². The third kappa shape index (κ3) is 4.06. The van der Waals surface area contributed by atoms with Crippen molar-refractivity contribution in [2.24, 2.45) is 0 Å². The minimum absolute atomic E-state index is 0.255. The maximum absolute atomic E-state index is 6.19. The zero-order valence-corrected chi connectivity index (χ0v) is 14.4. The van der Waals surface area contributed by atoms with Crippen LogP contribution in [0.25, 0.3) is 0 Å². The predicted octanol–water partition coefficient (Wildman–Crippen LogP) is 5.72. The van der Waals surface area contributed by atoms with E-state index in [-0.39, 0.29) is 6.04 Å². The van der Waals surface area contributed by atoms with Crippen LogP contribution in [-0.4, -0.2) is 0 Å². The molecule has 4 heteroatoms. The molecular weight excluding hydrogens is 389 g/mol. The summed E-state index contributed by atoms with van der Waals surface area (Å²) in [4.78, 5) is 0. The summed E-state index contributed by atoms with van der Waals surface area (Å²) in [5, 5.41) is 4.28. The first kappa shape index (κ1) is 15.0. The van der Waals surface area contributed by atoms with Crippen molar-refractivity contribution in [3.8, 4) is 0 Å². The maximum Gasteiger partial charge on any atom is 0.0451 e. The van der Waals surface area contributed by atoms with Crippen LogP contribution >= 0.6 is 43.5 Å². The Morgan fingerprint density at radius 2 is 1.89 bits per heavy atom. The summed E-state index contributed by atoms with van der Waals surface area (Å²) in [6.45, 7) is 2.88. The van der Waals surface area contributed by atoms with Crippen molar-refractivity contribution in [2.45, 2.75) is 19.5 Å². The van der Waals surface area contributed by atoms with Crippen molar-refractivity contribution in [1.82, 2.24) is 5.32 Å². The van der Waals surface area contributed by atoms with Crippen LogP contribution in [0, 0.1) is 0 Å². The highest BCUT2D eigenvalue weighted by atomic mass is 79.9. The van der Waals surface area contributed by atoms with Gasteiger partial charge in [0.2, 0.25) is 0 Å². The maximum atomic E-state index is 6.19. The van der Waals surface area contributed by atoms with E-state index >= 15 is 0 Å². The minimum Gasteiger partial charge on any atom is -0.306 e. The fourth-order valence-corrected chi connectivity index (χ4v) is 3.10. The second-order valence-electron chi connectivity index (χ2n) is 4.36. The predicted molar refractivity (Wildman–Crippen MR) is 88.5 cm³/mol. The highest BCUT2D eigenvalue weighted by Crippen LogP contribution is 2.25. The lowest BCUT2D eigenvalue weighted by atomic mass is 10.1. The van der Waals surface area contributed by atoms with Crippen LogP contribution in [0.3, 0.4) is 0 Å². The summed E-state index contributed by atoms with van der Waals surface area (Å²) in [6.07, 6.45) is 0. The Kier molecular flexibility index (Phi) is 5.46. The molecule has 0 amide bonds. The molecule has 2 aromatic rings. The fourth-order valence-electron chi connectivity index (χ4n) is 1.88. The molecule has 0 spiro atoms. The molecule has 0 saturated carbocycles. The molecule has 0 aliphatic carbocycles. The number of hydrogen-bond acceptors (Lipinski definition) is 1. The highest BCUT2D eigenvalue weighted by Gasteiger charge is 2.09. The zero-order chi connectivity index (χ0) is 13.8. The van der Waals surface area contributed by atoms with E-state index in [9.17, 15) is 0 Å². The first-order valence-corrected chi connectivity index (χ1v) is 7.96. The van der Waals surface area contributed by atoms with Crippen LogP contribution in [0.4, 0.5) is 0 Å². The van der Waals surface area contributed by atoms with E-state index in [1.54, 1.807) is 0 Å². The second-order valence-corrected chi connectivity index (χ2v) is 6.54. The normalized spacial score (nSPS) is 12.4.